The quantitative estimate of drug-likeness (QED) is 0.445. The van der Waals surface area contributed by atoms with Crippen LogP contribution in [0.25, 0.3) is 5.70 Å². The number of amides is 2. The predicted octanol–water partition coefficient (Wildman–Crippen LogP) is 2.86. The molecule has 0 radical (unpaired) electrons. The molecular weight excluding hydrogens is 392 g/mol. The number of benzene rings is 1. The molecular formula is C23H28N6O2. The molecule has 8 nitrogen and oxygen atoms in total. The Labute approximate surface area is 181 Å². The molecule has 1 fully saturated rings. The maximum absolute atomic E-state index is 13.1. The lowest BCUT2D eigenvalue weighted by Gasteiger charge is -2.38. The van der Waals surface area contributed by atoms with Crippen LogP contribution in [-0.2, 0) is 9.59 Å². The van der Waals surface area contributed by atoms with Gasteiger partial charge >= 0.3 is 11.8 Å². The number of carbonyl (C=O) groups excluding carboxylic acids is 2. The molecule has 0 bridgehead atoms. The highest BCUT2D eigenvalue weighted by molar-refractivity contribution is 6.39. The van der Waals surface area contributed by atoms with Crippen LogP contribution in [0.15, 0.2) is 42.6 Å². The van der Waals surface area contributed by atoms with Gasteiger partial charge in [-0.3, -0.25) is 9.59 Å². The van der Waals surface area contributed by atoms with Crippen molar-refractivity contribution in [2.45, 2.75) is 32.7 Å². The zero-order chi connectivity index (χ0) is 22.5. The van der Waals surface area contributed by atoms with E-state index in [-0.39, 0.29) is 6.04 Å². The fourth-order valence-electron chi connectivity index (χ4n) is 3.78. The zero-order valence-corrected chi connectivity index (χ0v) is 17.8. The second-order valence-corrected chi connectivity index (χ2v) is 7.95. The minimum Gasteiger partial charge on any atom is -0.398 e. The molecule has 162 valence electrons. The van der Waals surface area contributed by atoms with E-state index >= 15 is 0 Å². The Kier molecular flexibility index (Phi) is 6.69. The second-order valence-electron chi connectivity index (χ2n) is 7.95. The van der Waals surface area contributed by atoms with E-state index < -0.39 is 11.8 Å². The highest BCUT2D eigenvalue weighted by Gasteiger charge is 2.34. The number of hydrogen-bond donors (Lipinski definition) is 4. The number of nitrogens with two attached hydrogens (primary N) is 2. The smallest absolute Gasteiger partial charge is 0.313 e. The van der Waals surface area contributed by atoms with Gasteiger partial charge < -0.3 is 27.1 Å². The molecule has 6 N–H and O–H groups in total. The number of pyridine rings is 1. The Morgan fingerprint density at radius 1 is 1.26 bits per heavy atom. The fraction of sp³-hybridized carbons (Fsp3) is 0.304. The van der Waals surface area contributed by atoms with E-state index in [1.54, 1.807) is 17.9 Å². The van der Waals surface area contributed by atoms with E-state index in [1.165, 1.54) is 12.3 Å². The van der Waals surface area contributed by atoms with Crippen molar-refractivity contribution in [3.05, 3.63) is 59.3 Å². The van der Waals surface area contributed by atoms with Crippen LogP contribution >= 0.6 is 0 Å². The Bertz CT molecular complexity index is 1020. The summed E-state index contributed by atoms with van der Waals surface area (Å²) in [7, 11) is 0. The van der Waals surface area contributed by atoms with Gasteiger partial charge in [-0.1, -0.05) is 31.2 Å². The van der Waals surface area contributed by atoms with Gasteiger partial charge in [-0.25, -0.2) is 4.98 Å². The number of nitrogens with zero attached hydrogens (tertiary/aromatic N) is 2. The van der Waals surface area contributed by atoms with Gasteiger partial charge in [0.2, 0.25) is 0 Å². The Morgan fingerprint density at radius 3 is 2.61 bits per heavy atom. The van der Waals surface area contributed by atoms with Crippen molar-refractivity contribution in [2.75, 3.05) is 17.6 Å². The van der Waals surface area contributed by atoms with Gasteiger partial charge in [0.25, 0.3) is 0 Å². The molecule has 3 rings (SSSR count). The summed E-state index contributed by atoms with van der Waals surface area (Å²) in [5.74, 6) is -0.578. The number of nitrogens with one attached hydrogen (secondary N) is 2. The van der Waals surface area contributed by atoms with Crippen molar-refractivity contribution in [2.24, 2.45) is 11.7 Å². The number of likely N-dealkylation sites (tertiary alicyclic amines) is 1. The summed E-state index contributed by atoms with van der Waals surface area (Å²) in [4.78, 5) is 31.4. The molecule has 1 aliphatic rings. The maximum Gasteiger partial charge on any atom is 0.313 e. The van der Waals surface area contributed by atoms with E-state index in [0.717, 1.165) is 35.7 Å². The average molecular weight is 421 g/mol. The van der Waals surface area contributed by atoms with Crippen molar-refractivity contribution in [1.82, 2.24) is 9.88 Å². The van der Waals surface area contributed by atoms with Crippen LogP contribution in [0.2, 0.25) is 0 Å². The van der Waals surface area contributed by atoms with E-state index in [9.17, 15) is 9.59 Å². The number of rotatable bonds is 4. The zero-order valence-electron chi connectivity index (χ0n) is 17.8. The number of nitrogen functional groups attached to an aromatic ring is 1. The fourth-order valence-corrected chi connectivity index (χ4v) is 3.78. The molecule has 1 aromatic carbocycles. The highest BCUT2D eigenvalue weighted by Crippen LogP contribution is 2.34. The lowest BCUT2D eigenvalue weighted by atomic mass is 9.89. The molecule has 8 heteroatoms. The van der Waals surface area contributed by atoms with E-state index in [4.69, 9.17) is 16.9 Å². The molecule has 0 aliphatic carbocycles. The van der Waals surface area contributed by atoms with Gasteiger partial charge in [-0.05, 0) is 54.5 Å². The van der Waals surface area contributed by atoms with Crippen LogP contribution in [0.5, 0.6) is 0 Å². The topological polar surface area (TPSA) is 138 Å². The third kappa shape index (κ3) is 5.09. The van der Waals surface area contributed by atoms with Gasteiger partial charge in [0.1, 0.15) is 5.82 Å². The normalized spacial score (nSPS) is 19.0. The number of aromatic nitrogens is 1. The van der Waals surface area contributed by atoms with E-state index in [2.05, 4.69) is 17.2 Å². The average Bonchev–Trinajstić information content (AvgIpc) is 2.76. The molecule has 0 spiro atoms. The van der Waals surface area contributed by atoms with Crippen LogP contribution in [0, 0.1) is 18.3 Å². The third-order valence-electron chi connectivity index (χ3n) is 5.54. The standard InChI is InChI=1S/C23H28N6O2/c1-14-3-8-20(17-6-4-16(5-7-17)19(25)9-10-24)29(13-14)23(31)22(30)28-18-11-15(2)21(26)27-12-18/h4-7,9-12,14,20,24H,3,8,13,25H2,1-2H3,(H2,26,27)(H,28,30)/b19-9-,24-10?/t14-,20?/m0/s1. The van der Waals surface area contributed by atoms with Crippen LogP contribution in [-0.4, -0.2) is 34.5 Å². The molecule has 1 saturated heterocycles. The second kappa shape index (κ2) is 9.42. The highest BCUT2D eigenvalue weighted by atomic mass is 16.2. The maximum atomic E-state index is 13.1. The van der Waals surface area contributed by atoms with Gasteiger partial charge in [0.15, 0.2) is 0 Å². The summed E-state index contributed by atoms with van der Waals surface area (Å²) >= 11 is 0. The minimum atomic E-state index is -0.695. The van der Waals surface area contributed by atoms with Gasteiger partial charge in [-0.15, -0.1) is 0 Å². The Hall–Kier alpha value is -3.68. The molecule has 2 heterocycles. The lowest BCUT2D eigenvalue weighted by Crippen LogP contribution is -2.46. The summed E-state index contributed by atoms with van der Waals surface area (Å²) in [6.45, 7) is 4.37. The largest absolute Gasteiger partial charge is 0.398 e. The molecule has 2 amide bonds. The number of piperidine rings is 1. The third-order valence-corrected chi connectivity index (χ3v) is 5.54. The summed E-state index contributed by atoms with van der Waals surface area (Å²) in [6.07, 6.45) is 5.84. The molecule has 2 atom stereocenters. The van der Waals surface area contributed by atoms with Crippen molar-refractivity contribution in [1.29, 1.82) is 5.41 Å². The SMILES string of the molecule is Cc1cc(NC(=O)C(=O)N2C[C@@H](C)CCC2c2ccc(/C(N)=C/C=N)cc2)cnc1N. The first kappa shape index (κ1) is 22.0. The molecule has 2 aromatic rings. The summed E-state index contributed by atoms with van der Waals surface area (Å²) in [5.41, 5.74) is 15.1. The Morgan fingerprint density at radius 2 is 1.97 bits per heavy atom. The molecule has 1 aliphatic heterocycles. The van der Waals surface area contributed by atoms with Crippen LogP contribution in [0.4, 0.5) is 11.5 Å². The molecule has 1 unspecified atom stereocenters. The van der Waals surface area contributed by atoms with Crippen molar-refractivity contribution >= 4 is 35.2 Å². The number of carbonyl (C=O) groups is 2. The van der Waals surface area contributed by atoms with Crippen molar-refractivity contribution in [3.63, 3.8) is 0 Å². The number of aryl methyl sites for hydroxylation is 1. The van der Waals surface area contributed by atoms with Crippen LogP contribution in [0.3, 0.4) is 0 Å². The minimum absolute atomic E-state index is 0.192. The Balaban J connectivity index is 1.80. The van der Waals surface area contributed by atoms with Crippen molar-refractivity contribution < 1.29 is 9.59 Å². The van der Waals surface area contributed by atoms with E-state index in [1.807, 2.05) is 24.3 Å². The summed E-state index contributed by atoms with van der Waals surface area (Å²) in [6, 6.07) is 9.08. The first-order valence-corrected chi connectivity index (χ1v) is 10.2. The van der Waals surface area contributed by atoms with Crippen LogP contribution in [0.1, 0.15) is 42.5 Å². The number of allylic oxidation sites excluding steroid dienone is 1. The number of hydrogen-bond acceptors (Lipinski definition) is 6. The monoisotopic (exact) mass is 420 g/mol. The van der Waals surface area contributed by atoms with Gasteiger partial charge in [-0.2, -0.15) is 0 Å². The van der Waals surface area contributed by atoms with Crippen molar-refractivity contribution in [3.8, 4) is 0 Å². The molecule has 31 heavy (non-hydrogen) atoms. The molecule has 1 aromatic heterocycles. The number of anilines is 2. The van der Waals surface area contributed by atoms with E-state index in [0.29, 0.717) is 29.7 Å². The summed E-state index contributed by atoms with van der Waals surface area (Å²) < 4.78 is 0. The first-order valence-electron chi connectivity index (χ1n) is 10.2. The lowest BCUT2D eigenvalue weighted by molar-refractivity contribution is -0.146. The van der Waals surface area contributed by atoms with Crippen LogP contribution < -0.4 is 16.8 Å². The summed E-state index contributed by atoms with van der Waals surface area (Å²) in [5, 5.41) is 9.79. The van der Waals surface area contributed by atoms with Gasteiger partial charge in [0, 0.05) is 18.5 Å². The first-order chi connectivity index (χ1) is 14.8. The predicted molar refractivity (Wildman–Crippen MR) is 122 cm³/mol. The molecule has 0 saturated carbocycles. The van der Waals surface area contributed by atoms with Gasteiger partial charge in [0.05, 0.1) is 17.9 Å².